The lowest BCUT2D eigenvalue weighted by Gasteiger charge is -2.35. The van der Waals surface area contributed by atoms with Gasteiger partial charge >= 0.3 is 6.09 Å². The van der Waals surface area contributed by atoms with Gasteiger partial charge in [-0.2, -0.15) is 0 Å². The maximum atomic E-state index is 14.4. The monoisotopic (exact) mass is 589 g/mol. The number of phenolic OH excluding ortho intramolecular Hbond substituents is 1. The number of nitrogens with zero attached hydrogens (tertiary/aromatic N) is 1. The van der Waals surface area contributed by atoms with Crippen molar-refractivity contribution in [2.45, 2.75) is 72.6 Å². The Morgan fingerprint density at radius 3 is 2.05 bits per heavy atom. The molecule has 43 heavy (non-hydrogen) atoms. The van der Waals surface area contributed by atoms with Gasteiger partial charge in [0.05, 0.1) is 6.61 Å². The molecule has 0 spiro atoms. The molecule has 2 unspecified atom stereocenters. The van der Waals surface area contributed by atoms with Crippen molar-refractivity contribution < 1.29 is 29.3 Å². The Labute approximate surface area is 253 Å². The van der Waals surface area contributed by atoms with Crippen LogP contribution in [0.1, 0.15) is 60.2 Å². The molecule has 3 rings (SSSR count). The van der Waals surface area contributed by atoms with Crippen LogP contribution < -0.4 is 10.6 Å². The number of phenols is 1. The zero-order valence-electron chi connectivity index (χ0n) is 26.0. The van der Waals surface area contributed by atoms with Gasteiger partial charge in [-0.25, -0.2) is 4.79 Å². The average molecular weight is 590 g/mol. The van der Waals surface area contributed by atoms with Crippen molar-refractivity contribution in [3.8, 4) is 5.75 Å². The maximum Gasteiger partial charge on any atom is 0.408 e. The van der Waals surface area contributed by atoms with Gasteiger partial charge in [0.2, 0.25) is 5.91 Å². The number of rotatable bonds is 10. The minimum absolute atomic E-state index is 0.0539. The van der Waals surface area contributed by atoms with Crippen molar-refractivity contribution in [2.24, 2.45) is 0 Å². The molecular weight excluding hydrogens is 546 g/mol. The lowest BCUT2D eigenvalue weighted by molar-refractivity contribution is -0.141. The molecule has 3 amide bonds. The summed E-state index contributed by atoms with van der Waals surface area (Å²) in [4.78, 5) is 42.9. The number of para-hydroxylation sites is 1. The normalized spacial score (nSPS) is 12.7. The number of aromatic hydroxyl groups is 1. The van der Waals surface area contributed by atoms with Gasteiger partial charge in [0.25, 0.3) is 5.91 Å². The van der Waals surface area contributed by atoms with Crippen LogP contribution in [0.2, 0.25) is 0 Å². The number of hydrogen-bond acceptors (Lipinski definition) is 6. The molecule has 0 aliphatic rings. The summed E-state index contributed by atoms with van der Waals surface area (Å²) in [7, 11) is 0. The summed E-state index contributed by atoms with van der Waals surface area (Å²) in [5.41, 5.74) is 4.60. The Morgan fingerprint density at radius 1 is 0.884 bits per heavy atom. The lowest BCUT2D eigenvalue weighted by atomic mass is 9.94. The standard InChI is InChI=1S/C34H43N3O6/c1-21-10-9-13-27(24(21)4)30(31(40)36-29-22(2)11-8-12-23(29)3)37(18-19-38)32(41)28(35-33(42)43-34(5,6)7)20-25-14-16-26(39)17-15-25/h8-17,28,30,38-39H,18-20H2,1-7H3,(H,35,42)(H,36,40). The fourth-order valence-corrected chi connectivity index (χ4v) is 4.92. The molecule has 2 atom stereocenters. The van der Waals surface area contributed by atoms with E-state index in [4.69, 9.17) is 4.74 Å². The fraction of sp³-hybridized carbons (Fsp3) is 0.382. The number of ether oxygens (including phenoxy) is 1. The molecule has 0 aliphatic carbocycles. The number of carbonyl (C=O) groups is 3. The summed E-state index contributed by atoms with van der Waals surface area (Å²) in [6, 6.07) is 15.3. The van der Waals surface area contributed by atoms with Gasteiger partial charge in [0, 0.05) is 18.7 Å². The Balaban J connectivity index is 2.11. The van der Waals surface area contributed by atoms with Crippen LogP contribution in [-0.4, -0.2) is 57.8 Å². The molecule has 0 saturated heterocycles. The quantitative estimate of drug-likeness (QED) is 0.255. The molecule has 3 aromatic carbocycles. The van der Waals surface area contributed by atoms with Gasteiger partial charge in [0.15, 0.2) is 0 Å². The van der Waals surface area contributed by atoms with E-state index in [9.17, 15) is 24.6 Å². The topological polar surface area (TPSA) is 128 Å². The number of alkyl carbamates (subject to hydrolysis) is 1. The molecular formula is C34H43N3O6. The second-order valence-corrected chi connectivity index (χ2v) is 11.8. The van der Waals surface area contributed by atoms with E-state index < -0.39 is 42.2 Å². The van der Waals surface area contributed by atoms with Crippen molar-refractivity contribution in [3.63, 3.8) is 0 Å². The predicted octanol–water partition coefficient (Wildman–Crippen LogP) is 5.26. The third kappa shape index (κ3) is 8.81. The Bertz CT molecular complexity index is 1430. The fourth-order valence-electron chi connectivity index (χ4n) is 4.92. The molecule has 230 valence electrons. The third-order valence-corrected chi connectivity index (χ3v) is 7.22. The van der Waals surface area contributed by atoms with Crippen molar-refractivity contribution in [2.75, 3.05) is 18.5 Å². The largest absolute Gasteiger partial charge is 0.508 e. The van der Waals surface area contributed by atoms with Crippen LogP contribution in [0.3, 0.4) is 0 Å². The van der Waals surface area contributed by atoms with E-state index in [0.717, 1.165) is 22.3 Å². The molecule has 3 aromatic rings. The highest BCUT2D eigenvalue weighted by atomic mass is 16.6. The van der Waals surface area contributed by atoms with Gasteiger partial charge in [-0.05, 0) is 94.0 Å². The molecule has 0 aliphatic heterocycles. The molecule has 0 fully saturated rings. The minimum atomic E-state index is -1.15. The van der Waals surface area contributed by atoms with Crippen LogP contribution in [0.15, 0.2) is 60.7 Å². The summed E-state index contributed by atoms with van der Waals surface area (Å²) < 4.78 is 5.46. The van der Waals surface area contributed by atoms with E-state index >= 15 is 0 Å². The number of amides is 3. The first-order valence-electron chi connectivity index (χ1n) is 14.3. The zero-order chi connectivity index (χ0) is 31.9. The third-order valence-electron chi connectivity index (χ3n) is 7.22. The van der Waals surface area contributed by atoms with Gasteiger partial charge < -0.3 is 30.5 Å². The van der Waals surface area contributed by atoms with E-state index in [1.165, 1.54) is 17.0 Å². The first-order valence-corrected chi connectivity index (χ1v) is 14.3. The second-order valence-electron chi connectivity index (χ2n) is 11.8. The summed E-state index contributed by atoms with van der Waals surface area (Å²) in [5.74, 6) is -0.962. The van der Waals surface area contributed by atoms with Crippen LogP contribution in [0.5, 0.6) is 5.75 Å². The SMILES string of the molecule is Cc1cccc(C(C(=O)Nc2c(C)cccc2C)N(CCO)C(=O)C(Cc2ccc(O)cc2)NC(=O)OC(C)(C)C)c1C. The highest BCUT2D eigenvalue weighted by Gasteiger charge is 2.37. The van der Waals surface area contributed by atoms with Crippen molar-refractivity contribution in [3.05, 3.63) is 94.0 Å². The average Bonchev–Trinajstić information content (AvgIpc) is 2.92. The van der Waals surface area contributed by atoms with Gasteiger partial charge in [0.1, 0.15) is 23.4 Å². The lowest BCUT2D eigenvalue weighted by Crippen LogP contribution is -2.54. The maximum absolute atomic E-state index is 14.4. The highest BCUT2D eigenvalue weighted by Crippen LogP contribution is 2.30. The van der Waals surface area contributed by atoms with E-state index in [-0.39, 0.29) is 18.7 Å². The van der Waals surface area contributed by atoms with Crippen LogP contribution in [0.25, 0.3) is 0 Å². The zero-order valence-corrected chi connectivity index (χ0v) is 26.0. The first-order chi connectivity index (χ1) is 20.2. The number of nitrogens with one attached hydrogen (secondary N) is 2. The molecule has 9 nitrogen and oxygen atoms in total. The second kappa shape index (κ2) is 14.2. The molecule has 0 bridgehead atoms. The predicted molar refractivity (Wildman–Crippen MR) is 167 cm³/mol. The number of benzene rings is 3. The first kappa shape index (κ1) is 33.1. The van der Waals surface area contributed by atoms with Gasteiger partial charge in [-0.1, -0.05) is 48.5 Å². The van der Waals surface area contributed by atoms with E-state index in [1.807, 2.05) is 58.0 Å². The van der Waals surface area contributed by atoms with Crippen LogP contribution in [0.4, 0.5) is 10.5 Å². The Hall–Kier alpha value is -4.37. The molecule has 0 aromatic heterocycles. The van der Waals surface area contributed by atoms with Crippen molar-refractivity contribution >= 4 is 23.6 Å². The van der Waals surface area contributed by atoms with E-state index in [0.29, 0.717) is 16.8 Å². The number of anilines is 1. The van der Waals surface area contributed by atoms with Crippen molar-refractivity contribution in [1.82, 2.24) is 10.2 Å². The highest BCUT2D eigenvalue weighted by molar-refractivity contribution is 6.00. The van der Waals surface area contributed by atoms with Crippen LogP contribution >= 0.6 is 0 Å². The molecule has 0 saturated carbocycles. The summed E-state index contributed by atoms with van der Waals surface area (Å²) in [6.45, 7) is 12.2. The van der Waals surface area contributed by atoms with Gasteiger partial charge in [-0.15, -0.1) is 0 Å². The van der Waals surface area contributed by atoms with Crippen molar-refractivity contribution in [1.29, 1.82) is 0 Å². The van der Waals surface area contributed by atoms with Crippen LogP contribution in [0, 0.1) is 27.7 Å². The van der Waals surface area contributed by atoms with Gasteiger partial charge in [-0.3, -0.25) is 9.59 Å². The molecule has 0 heterocycles. The smallest absolute Gasteiger partial charge is 0.408 e. The van der Waals surface area contributed by atoms with Crippen LogP contribution in [-0.2, 0) is 20.7 Å². The molecule has 9 heteroatoms. The Morgan fingerprint density at radius 2 is 1.47 bits per heavy atom. The number of aryl methyl sites for hydroxylation is 3. The molecule has 0 radical (unpaired) electrons. The number of aliphatic hydroxyl groups is 1. The minimum Gasteiger partial charge on any atom is -0.508 e. The summed E-state index contributed by atoms with van der Waals surface area (Å²) in [6.07, 6.45) is -0.741. The Kier molecular flexibility index (Phi) is 10.9. The summed E-state index contributed by atoms with van der Waals surface area (Å²) >= 11 is 0. The number of aliphatic hydroxyl groups excluding tert-OH is 1. The van der Waals surface area contributed by atoms with E-state index in [1.54, 1.807) is 39.0 Å². The summed E-state index contributed by atoms with van der Waals surface area (Å²) in [5, 5.41) is 25.6. The van der Waals surface area contributed by atoms with E-state index in [2.05, 4.69) is 10.6 Å². The number of hydrogen-bond donors (Lipinski definition) is 4. The molecule has 4 N–H and O–H groups in total. The number of carbonyl (C=O) groups excluding carboxylic acids is 3.